The molecule has 0 amide bonds. The molecule has 1 aromatic carbocycles. The van der Waals surface area contributed by atoms with Crippen molar-refractivity contribution >= 4 is 14.3 Å². The summed E-state index contributed by atoms with van der Waals surface area (Å²) in [5, 5.41) is 9.98. The molecule has 4 nitrogen and oxygen atoms in total. The fraction of sp³-hybridized carbons (Fsp3) is 0.529. The molecule has 120 valence electrons. The highest BCUT2D eigenvalue weighted by atomic mass is 28.4. The fourth-order valence-corrected chi connectivity index (χ4v) is 3.76. The normalized spacial score (nSPS) is 14.8. The third-order valence-electron chi connectivity index (χ3n) is 3.65. The lowest BCUT2D eigenvalue weighted by molar-refractivity contribution is -0.161. The number of carbonyl (C=O) groups excluding carboxylic acids is 1. The van der Waals surface area contributed by atoms with E-state index in [0.29, 0.717) is 5.56 Å². The standard InChI is InChI=1S/C17H25NO3Si/c1-13-8-10-14(11-9-13)17(12-18,21-22(5,6)7)16(2,3)15(19)20-4/h8-11H,1-7H3. The van der Waals surface area contributed by atoms with Crippen LogP contribution < -0.4 is 0 Å². The molecule has 0 radical (unpaired) electrons. The molecule has 0 aliphatic heterocycles. The minimum atomic E-state index is -2.11. The Bertz CT molecular complexity index is 581. The van der Waals surface area contributed by atoms with Crippen LogP contribution in [-0.2, 0) is 19.6 Å². The van der Waals surface area contributed by atoms with Gasteiger partial charge in [-0.1, -0.05) is 29.8 Å². The molecule has 0 spiro atoms. The largest absolute Gasteiger partial charge is 0.468 e. The van der Waals surface area contributed by atoms with Crippen molar-refractivity contribution in [3.63, 3.8) is 0 Å². The number of aryl methyl sites for hydroxylation is 1. The number of hydrogen-bond donors (Lipinski definition) is 0. The summed E-state index contributed by atoms with van der Waals surface area (Å²) in [6.45, 7) is 11.4. The SMILES string of the molecule is COC(=O)C(C)(C)C(C#N)(O[Si](C)(C)C)c1ccc(C)cc1. The van der Waals surface area contributed by atoms with Gasteiger partial charge in [0.05, 0.1) is 7.11 Å². The van der Waals surface area contributed by atoms with E-state index in [9.17, 15) is 10.1 Å². The van der Waals surface area contributed by atoms with Gasteiger partial charge in [0.25, 0.3) is 0 Å². The van der Waals surface area contributed by atoms with E-state index in [1.54, 1.807) is 13.8 Å². The molecule has 0 saturated heterocycles. The number of carbonyl (C=O) groups is 1. The van der Waals surface area contributed by atoms with Gasteiger partial charge in [0.2, 0.25) is 0 Å². The first kappa shape index (κ1) is 18.4. The van der Waals surface area contributed by atoms with E-state index in [1.165, 1.54) is 7.11 Å². The number of methoxy groups -OCH3 is 1. The zero-order chi connectivity index (χ0) is 17.2. The monoisotopic (exact) mass is 319 g/mol. The van der Waals surface area contributed by atoms with Crippen molar-refractivity contribution in [1.29, 1.82) is 5.26 Å². The lowest BCUT2D eigenvalue weighted by Gasteiger charge is -2.43. The van der Waals surface area contributed by atoms with Crippen molar-refractivity contribution in [2.45, 2.75) is 46.0 Å². The highest BCUT2D eigenvalue weighted by molar-refractivity contribution is 6.69. The molecule has 0 heterocycles. The molecule has 1 aromatic rings. The molecule has 5 heteroatoms. The van der Waals surface area contributed by atoms with Crippen molar-refractivity contribution < 1.29 is 14.0 Å². The van der Waals surface area contributed by atoms with E-state index >= 15 is 0 Å². The summed E-state index contributed by atoms with van der Waals surface area (Å²) in [4.78, 5) is 12.3. The average molecular weight is 319 g/mol. The van der Waals surface area contributed by atoms with Crippen molar-refractivity contribution in [1.82, 2.24) is 0 Å². The van der Waals surface area contributed by atoms with E-state index < -0.39 is 25.3 Å². The quantitative estimate of drug-likeness (QED) is 0.612. The smallest absolute Gasteiger partial charge is 0.315 e. The van der Waals surface area contributed by atoms with Gasteiger partial charge in [-0.05, 0) is 46.0 Å². The Labute approximate surface area is 134 Å². The Morgan fingerprint density at radius 3 is 2.05 bits per heavy atom. The van der Waals surface area contributed by atoms with E-state index in [0.717, 1.165) is 5.56 Å². The zero-order valence-corrected chi connectivity index (χ0v) is 15.5. The lowest BCUT2D eigenvalue weighted by atomic mass is 9.71. The fourth-order valence-electron chi connectivity index (χ4n) is 2.42. The molecule has 0 aliphatic carbocycles. The highest BCUT2D eigenvalue weighted by Gasteiger charge is 2.55. The number of ether oxygens (including phenoxy) is 1. The molecular formula is C17H25NO3Si. The van der Waals surface area contributed by atoms with Gasteiger partial charge in [0, 0.05) is 0 Å². The van der Waals surface area contributed by atoms with Crippen LogP contribution in [0.25, 0.3) is 0 Å². The number of benzene rings is 1. The van der Waals surface area contributed by atoms with Gasteiger partial charge in [-0.15, -0.1) is 0 Å². The molecule has 0 aliphatic rings. The number of esters is 1. The van der Waals surface area contributed by atoms with E-state index in [-0.39, 0.29) is 0 Å². The molecule has 0 aromatic heterocycles. The first-order valence-corrected chi connectivity index (χ1v) is 10.7. The highest BCUT2D eigenvalue weighted by Crippen LogP contribution is 2.45. The van der Waals surface area contributed by atoms with Crippen LogP contribution in [0.1, 0.15) is 25.0 Å². The molecular weight excluding hydrogens is 294 g/mol. The maximum Gasteiger partial charge on any atom is 0.315 e. The molecule has 1 unspecified atom stereocenters. The molecule has 0 saturated carbocycles. The summed E-state index contributed by atoms with van der Waals surface area (Å²) < 4.78 is 11.2. The van der Waals surface area contributed by atoms with Crippen molar-refractivity contribution in [2.75, 3.05) is 7.11 Å². The third-order valence-corrected chi connectivity index (χ3v) is 4.57. The van der Waals surface area contributed by atoms with Gasteiger partial charge in [-0.3, -0.25) is 4.79 Å². The van der Waals surface area contributed by atoms with Gasteiger partial charge >= 0.3 is 5.97 Å². The number of nitriles is 1. The Kier molecular flexibility index (Phi) is 5.21. The molecule has 22 heavy (non-hydrogen) atoms. The van der Waals surface area contributed by atoms with E-state index in [2.05, 4.69) is 6.07 Å². The molecule has 0 N–H and O–H groups in total. The Morgan fingerprint density at radius 2 is 1.68 bits per heavy atom. The number of nitrogens with zero attached hydrogens (tertiary/aromatic N) is 1. The van der Waals surface area contributed by atoms with Crippen LogP contribution in [0.2, 0.25) is 19.6 Å². The topological polar surface area (TPSA) is 59.3 Å². The van der Waals surface area contributed by atoms with Crippen molar-refractivity contribution in [2.24, 2.45) is 5.41 Å². The van der Waals surface area contributed by atoms with Crippen LogP contribution in [0, 0.1) is 23.7 Å². The Hall–Kier alpha value is -1.64. The second-order valence-electron chi connectivity index (χ2n) is 6.99. The van der Waals surface area contributed by atoms with Crippen LogP contribution in [-0.4, -0.2) is 21.4 Å². The number of rotatable bonds is 5. The average Bonchev–Trinajstić information content (AvgIpc) is 2.43. The molecule has 1 atom stereocenters. The van der Waals surface area contributed by atoms with E-state index in [4.69, 9.17) is 9.16 Å². The molecule has 0 fully saturated rings. The second kappa shape index (κ2) is 6.23. The first-order valence-electron chi connectivity index (χ1n) is 7.27. The van der Waals surface area contributed by atoms with E-state index in [1.807, 2.05) is 50.8 Å². The Morgan fingerprint density at radius 1 is 1.18 bits per heavy atom. The predicted molar refractivity (Wildman–Crippen MR) is 88.7 cm³/mol. The zero-order valence-electron chi connectivity index (χ0n) is 14.5. The van der Waals surface area contributed by atoms with Gasteiger partial charge in [-0.25, -0.2) is 0 Å². The van der Waals surface area contributed by atoms with Gasteiger partial charge < -0.3 is 9.16 Å². The van der Waals surface area contributed by atoms with Crippen LogP contribution in [0.15, 0.2) is 24.3 Å². The Balaban J connectivity index is 3.59. The van der Waals surface area contributed by atoms with Crippen molar-refractivity contribution in [3.8, 4) is 6.07 Å². The molecule has 0 bridgehead atoms. The van der Waals surface area contributed by atoms with Crippen LogP contribution >= 0.6 is 0 Å². The van der Waals surface area contributed by atoms with Crippen LogP contribution in [0.4, 0.5) is 0 Å². The molecule has 1 rings (SSSR count). The second-order valence-corrected chi connectivity index (χ2v) is 11.4. The lowest BCUT2D eigenvalue weighted by Crippen LogP contribution is -2.53. The summed E-state index contributed by atoms with van der Waals surface area (Å²) in [6, 6.07) is 9.81. The van der Waals surface area contributed by atoms with Gasteiger partial charge in [0.1, 0.15) is 11.5 Å². The maximum atomic E-state index is 12.3. The third kappa shape index (κ3) is 3.40. The van der Waals surface area contributed by atoms with Crippen LogP contribution in [0.5, 0.6) is 0 Å². The summed E-state index contributed by atoms with van der Waals surface area (Å²) in [5.41, 5.74) is -0.748. The van der Waals surface area contributed by atoms with Gasteiger partial charge in [0.15, 0.2) is 13.9 Å². The minimum Gasteiger partial charge on any atom is -0.468 e. The maximum absolute atomic E-state index is 12.3. The minimum absolute atomic E-state index is 0.465. The summed E-state index contributed by atoms with van der Waals surface area (Å²) in [7, 11) is -0.779. The van der Waals surface area contributed by atoms with Crippen LogP contribution in [0.3, 0.4) is 0 Å². The van der Waals surface area contributed by atoms with Gasteiger partial charge in [-0.2, -0.15) is 5.26 Å². The summed E-state index contributed by atoms with van der Waals surface area (Å²) >= 11 is 0. The predicted octanol–water partition coefficient (Wildman–Crippen LogP) is 3.76. The van der Waals surface area contributed by atoms with Crippen molar-refractivity contribution in [3.05, 3.63) is 35.4 Å². The first-order chi connectivity index (χ1) is 10.00. The number of hydrogen-bond acceptors (Lipinski definition) is 4. The summed E-state index contributed by atoms with van der Waals surface area (Å²) in [6.07, 6.45) is 0. The summed E-state index contributed by atoms with van der Waals surface area (Å²) in [5.74, 6) is -0.465.